The van der Waals surface area contributed by atoms with E-state index in [1.807, 2.05) is 0 Å². The lowest BCUT2D eigenvalue weighted by Crippen LogP contribution is -1.98. The van der Waals surface area contributed by atoms with E-state index in [9.17, 15) is 8.78 Å². The number of halogens is 3. The highest BCUT2D eigenvalue weighted by Crippen LogP contribution is 2.27. The van der Waals surface area contributed by atoms with E-state index in [1.165, 1.54) is 0 Å². The first-order chi connectivity index (χ1) is 7.10. The van der Waals surface area contributed by atoms with Crippen molar-refractivity contribution < 1.29 is 8.78 Å². The summed E-state index contributed by atoms with van der Waals surface area (Å²) in [5.41, 5.74) is -0.383. The van der Waals surface area contributed by atoms with Gasteiger partial charge in [-0.25, -0.2) is 13.8 Å². The van der Waals surface area contributed by atoms with Gasteiger partial charge in [-0.2, -0.15) is 10.5 Å². The molecule has 0 atom stereocenters. The number of aromatic nitrogens is 1. The van der Waals surface area contributed by atoms with Gasteiger partial charge in [-0.3, -0.25) is 0 Å². The molecule has 0 saturated carbocycles. The highest BCUT2D eigenvalue weighted by atomic mass is 35.5. The lowest BCUT2D eigenvalue weighted by molar-refractivity contribution is 0.151. The maximum atomic E-state index is 12.4. The summed E-state index contributed by atoms with van der Waals surface area (Å²) in [5, 5.41) is 16.7. The van der Waals surface area contributed by atoms with Crippen molar-refractivity contribution in [2.75, 3.05) is 0 Å². The Bertz CT molecular complexity index is 460. The van der Waals surface area contributed by atoms with Crippen LogP contribution in [0.3, 0.4) is 0 Å². The van der Waals surface area contributed by atoms with Crippen molar-refractivity contribution in [1.82, 2.24) is 4.98 Å². The fourth-order valence-electron chi connectivity index (χ4n) is 1.02. The van der Waals surface area contributed by atoms with E-state index < -0.39 is 17.1 Å². The van der Waals surface area contributed by atoms with Gasteiger partial charge in [0, 0.05) is 5.56 Å². The average Bonchev–Trinajstić information content (AvgIpc) is 2.20. The van der Waals surface area contributed by atoms with Gasteiger partial charge in [0.15, 0.2) is 0 Å². The van der Waals surface area contributed by atoms with Gasteiger partial charge in [0.05, 0.1) is 18.1 Å². The maximum Gasteiger partial charge on any atom is 0.266 e. The van der Waals surface area contributed by atoms with Gasteiger partial charge in [-0.05, 0) is 6.07 Å². The molecule has 15 heavy (non-hydrogen) atoms. The Kier molecular flexibility index (Phi) is 3.54. The molecule has 3 nitrogen and oxygen atoms in total. The minimum Gasteiger partial charge on any atom is -0.225 e. The lowest BCUT2D eigenvalue weighted by Gasteiger charge is -2.05. The third-order valence-corrected chi connectivity index (χ3v) is 2.00. The minimum absolute atomic E-state index is 0.0917. The number of alkyl halides is 2. The Balaban J connectivity index is 3.33. The first kappa shape index (κ1) is 11.4. The van der Waals surface area contributed by atoms with Crippen molar-refractivity contribution in [3.05, 3.63) is 28.0 Å². The normalized spacial score (nSPS) is 9.73. The van der Waals surface area contributed by atoms with Crippen LogP contribution in [0.5, 0.6) is 0 Å². The number of rotatable bonds is 2. The van der Waals surface area contributed by atoms with Gasteiger partial charge in [0.2, 0.25) is 0 Å². The molecule has 1 heterocycles. The van der Waals surface area contributed by atoms with E-state index in [2.05, 4.69) is 4.98 Å². The van der Waals surface area contributed by atoms with E-state index in [-0.39, 0.29) is 17.7 Å². The van der Waals surface area contributed by atoms with Gasteiger partial charge in [0.1, 0.15) is 16.9 Å². The second-order valence-electron chi connectivity index (χ2n) is 2.62. The summed E-state index contributed by atoms with van der Waals surface area (Å²) in [6.45, 7) is 0. The van der Waals surface area contributed by atoms with Crippen molar-refractivity contribution in [3.63, 3.8) is 0 Å². The van der Waals surface area contributed by atoms with Crippen molar-refractivity contribution >= 4 is 11.6 Å². The zero-order chi connectivity index (χ0) is 11.4. The monoisotopic (exact) mass is 227 g/mol. The van der Waals surface area contributed by atoms with Crippen LogP contribution in [0.2, 0.25) is 5.15 Å². The number of nitrogens with zero attached hydrogens (tertiary/aromatic N) is 3. The average molecular weight is 228 g/mol. The molecule has 76 valence electrons. The van der Waals surface area contributed by atoms with Crippen LogP contribution in [-0.2, 0) is 6.42 Å². The molecule has 0 aliphatic rings. The maximum absolute atomic E-state index is 12.4. The van der Waals surface area contributed by atoms with Crippen molar-refractivity contribution in [3.8, 4) is 12.1 Å². The fourth-order valence-corrected chi connectivity index (χ4v) is 1.24. The molecule has 0 aliphatic heterocycles. The molecule has 0 saturated heterocycles. The van der Waals surface area contributed by atoms with Crippen molar-refractivity contribution in [2.24, 2.45) is 0 Å². The van der Waals surface area contributed by atoms with Crippen LogP contribution in [0.25, 0.3) is 0 Å². The predicted molar refractivity (Wildman–Crippen MR) is 48.2 cm³/mol. The van der Waals surface area contributed by atoms with Gasteiger partial charge in [-0.15, -0.1) is 0 Å². The fraction of sp³-hybridized carbons (Fsp3) is 0.222. The molecular weight excluding hydrogens is 224 g/mol. The summed E-state index contributed by atoms with van der Waals surface area (Å²) in [6, 6.07) is 4.50. The van der Waals surface area contributed by atoms with Crippen LogP contribution in [0.1, 0.15) is 23.2 Å². The second kappa shape index (κ2) is 4.68. The molecule has 1 aromatic heterocycles. The smallest absolute Gasteiger partial charge is 0.225 e. The summed E-state index contributed by atoms with van der Waals surface area (Å²) in [7, 11) is 0. The van der Waals surface area contributed by atoms with Gasteiger partial charge >= 0.3 is 0 Å². The first-order valence-electron chi connectivity index (χ1n) is 3.84. The van der Waals surface area contributed by atoms with Gasteiger partial charge < -0.3 is 0 Å². The highest BCUT2D eigenvalue weighted by molar-refractivity contribution is 6.30. The highest BCUT2D eigenvalue weighted by Gasteiger charge is 2.16. The number of nitriles is 2. The first-order valence-corrected chi connectivity index (χ1v) is 4.22. The van der Waals surface area contributed by atoms with Crippen LogP contribution >= 0.6 is 11.6 Å². The van der Waals surface area contributed by atoms with Crippen LogP contribution < -0.4 is 0 Å². The van der Waals surface area contributed by atoms with Crippen molar-refractivity contribution in [1.29, 1.82) is 10.5 Å². The van der Waals surface area contributed by atoms with Crippen molar-refractivity contribution in [2.45, 2.75) is 12.8 Å². The molecule has 0 N–H and O–H groups in total. The molecule has 1 aromatic rings. The summed E-state index contributed by atoms with van der Waals surface area (Å²) >= 11 is 5.45. The van der Waals surface area contributed by atoms with E-state index in [4.69, 9.17) is 22.1 Å². The van der Waals surface area contributed by atoms with Gasteiger partial charge in [-0.1, -0.05) is 11.6 Å². The number of hydrogen-bond acceptors (Lipinski definition) is 3. The minimum atomic E-state index is -2.77. The molecule has 0 radical (unpaired) electrons. The molecular formula is C9H4ClF2N3. The van der Waals surface area contributed by atoms with Gasteiger partial charge in [0.25, 0.3) is 6.43 Å². The third kappa shape index (κ3) is 2.39. The quantitative estimate of drug-likeness (QED) is 0.730. The Morgan fingerprint density at radius 1 is 1.47 bits per heavy atom. The van der Waals surface area contributed by atoms with E-state index >= 15 is 0 Å². The summed E-state index contributed by atoms with van der Waals surface area (Å²) in [6.07, 6.45) is -2.91. The SMILES string of the molecule is N#CCc1cc(C(F)F)c(Cl)nc1C#N. The lowest BCUT2D eigenvalue weighted by atomic mass is 10.1. The molecule has 6 heteroatoms. The molecule has 0 aromatic carbocycles. The summed E-state index contributed by atoms with van der Waals surface area (Å²) in [4.78, 5) is 3.50. The Morgan fingerprint density at radius 3 is 2.60 bits per heavy atom. The number of hydrogen-bond donors (Lipinski definition) is 0. The van der Waals surface area contributed by atoms with Crippen LogP contribution in [-0.4, -0.2) is 4.98 Å². The van der Waals surface area contributed by atoms with E-state index in [0.29, 0.717) is 0 Å². The van der Waals surface area contributed by atoms with Crippen LogP contribution in [0.15, 0.2) is 6.07 Å². The van der Waals surface area contributed by atoms with E-state index in [0.717, 1.165) is 6.07 Å². The molecule has 1 rings (SSSR count). The predicted octanol–water partition coefficient (Wildman–Crippen LogP) is 2.61. The summed E-state index contributed by atoms with van der Waals surface area (Å²) in [5.74, 6) is 0. The molecule has 0 fully saturated rings. The second-order valence-corrected chi connectivity index (χ2v) is 2.98. The summed E-state index contributed by atoms with van der Waals surface area (Å²) < 4.78 is 24.8. The standard InChI is InChI=1S/C9H4ClF2N3/c10-8-6(9(11)12)3-5(1-2-13)7(4-14)15-8/h3,9H,1H2. The molecule has 0 aliphatic carbocycles. The number of pyridine rings is 1. The van der Waals surface area contributed by atoms with Crippen LogP contribution in [0.4, 0.5) is 8.78 Å². The zero-order valence-electron chi connectivity index (χ0n) is 7.34. The van der Waals surface area contributed by atoms with E-state index in [1.54, 1.807) is 12.1 Å². The molecule has 0 amide bonds. The molecule has 0 unspecified atom stereocenters. The Morgan fingerprint density at radius 2 is 2.13 bits per heavy atom. The Hall–Kier alpha value is -1.72. The van der Waals surface area contributed by atoms with Crippen LogP contribution in [0, 0.1) is 22.7 Å². The third-order valence-electron chi connectivity index (χ3n) is 1.69. The molecule has 0 bridgehead atoms. The zero-order valence-corrected chi connectivity index (χ0v) is 8.09. The largest absolute Gasteiger partial charge is 0.266 e. The molecule has 0 spiro atoms. The Labute approximate surface area is 89.5 Å². The topological polar surface area (TPSA) is 60.5 Å².